The van der Waals surface area contributed by atoms with Crippen LogP contribution in [-0.2, 0) is 14.3 Å². The van der Waals surface area contributed by atoms with Crippen molar-refractivity contribution in [3.63, 3.8) is 0 Å². The molecule has 0 unspecified atom stereocenters. The minimum atomic E-state index is -0.313. The van der Waals surface area contributed by atoms with Crippen molar-refractivity contribution in [1.82, 2.24) is 5.32 Å². The Labute approximate surface area is 107 Å². The summed E-state index contributed by atoms with van der Waals surface area (Å²) >= 11 is 0. The molecule has 1 atom stereocenters. The van der Waals surface area contributed by atoms with Gasteiger partial charge in [-0.3, -0.25) is 4.79 Å². The van der Waals surface area contributed by atoms with E-state index in [0.29, 0.717) is 13.0 Å². The van der Waals surface area contributed by atoms with E-state index >= 15 is 0 Å². The van der Waals surface area contributed by atoms with Crippen molar-refractivity contribution in [3.8, 4) is 0 Å². The zero-order valence-electron chi connectivity index (χ0n) is 11.2. The third-order valence-electron chi connectivity index (χ3n) is 2.64. The van der Waals surface area contributed by atoms with E-state index in [1.165, 1.54) is 0 Å². The number of carbonyl (C=O) groups is 2. The van der Waals surface area contributed by atoms with Crippen LogP contribution in [0.1, 0.15) is 40.0 Å². The first-order valence-corrected chi connectivity index (χ1v) is 6.27. The molecule has 6 heteroatoms. The smallest absolute Gasteiger partial charge is 0.306 e. The van der Waals surface area contributed by atoms with Crippen LogP contribution < -0.4 is 5.32 Å². The first-order chi connectivity index (χ1) is 8.45. The van der Waals surface area contributed by atoms with Gasteiger partial charge in [0.15, 0.2) is 5.66 Å². The fourth-order valence-electron chi connectivity index (χ4n) is 1.49. The molecule has 0 radical (unpaired) electrons. The average molecular weight is 255 g/mol. The molecule has 102 valence electrons. The van der Waals surface area contributed by atoms with Crippen LogP contribution in [0, 0.1) is 0 Å². The molecule has 0 aromatic rings. The Hall–Kier alpha value is -1.30. The van der Waals surface area contributed by atoms with Gasteiger partial charge in [0.25, 0.3) is 0 Å². The summed E-state index contributed by atoms with van der Waals surface area (Å²) in [5.41, 5.74) is -0.253. The van der Waals surface area contributed by atoms with Crippen molar-refractivity contribution in [2.45, 2.75) is 57.8 Å². The van der Waals surface area contributed by atoms with E-state index in [2.05, 4.69) is 15.5 Å². The Morgan fingerprint density at radius 3 is 2.61 bits per heavy atom. The molecule has 1 rings (SSSR count). The van der Waals surface area contributed by atoms with Crippen LogP contribution in [0.4, 0.5) is 0 Å². The SMILES string of the molecule is CC(C)OC(=O)CC[C@@H](C=O)NCCC1(C)N=N1. The maximum absolute atomic E-state index is 11.3. The summed E-state index contributed by atoms with van der Waals surface area (Å²) in [5.74, 6) is -0.266. The van der Waals surface area contributed by atoms with Gasteiger partial charge < -0.3 is 14.8 Å². The molecule has 0 aromatic heterocycles. The third kappa shape index (κ3) is 5.86. The highest BCUT2D eigenvalue weighted by molar-refractivity contribution is 5.70. The molecule has 0 fully saturated rings. The normalized spacial score (nSPS) is 17.6. The number of hydrogen-bond donors (Lipinski definition) is 1. The van der Waals surface area contributed by atoms with Gasteiger partial charge in [0.1, 0.15) is 6.29 Å². The molecule has 0 saturated carbocycles. The summed E-state index contributed by atoms with van der Waals surface area (Å²) < 4.78 is 5.00. The number of rotatable bonds is 9. The van der Waals surface area contributed by atoms with Crippen molar-refractivity contribution >= 4 is 12.3 Å². The Morgan fingerprint density at radius 2 is 2.11 bits per heavy atom. The molecule has 6 nitrogen and oxygen atoms in total. The summed E-state index contributed by atoms with van der Waals surface area (Å²) in [5, 5.41) is 10.9. The molecular weight excluding hydrogens is 234 g/mol. The molecule has 1 aliphatic heterocycles. The van der Waals surface area contributed by atoms with Gasteiger partial charge in [-0.25, -0.2) is 0 Å². The van der Waals surface area contributed by atoms with Gasteiger partial charge in [-0.05, 0) is 27.2 Å². The van der Waals surface area contributed by atoms with Gasteiger partial charge in [0.05, 0.1) is 12.1 Å². The topological polar surface area (TPSA) is 80.1 Å². The standard InChI is InChI=1S/C12H21N3O3/c1-9(2)18-11(17)5-4-10(8-16)13-7-6-12(3)14-15-12/h8-10,13H,4-7H2,1-3H3/t10-/m0/s1. The van der Waals surface area contributed by atoms with Crippen molar-refractivity contribution in [1.29, 1.82) is 0 Å². The van der Waals surface area contributed by atoms with Crippen molar-refractivity contribution in [2.75, 3.05) is 6.54 Å². The summed E-state index contributed by atoms with van der Waals surface area (Å²) in [7, 11) is 0. The minimum Gasteiger partial charge on any atom is -0.463 e. The summed E-state index contributed by atoms with van der Waals surface area (Å²) in [6.45, 7) is 6.20. The number of nitrogens with zero attached hydrogens (tertiary/aromatic N) is 2. The van der Waals surface area contributed by atoms with Crippen LogP contribution in [0.5, 0.6) is 0 Å². The maximum atomic E-state index is 11.3. The first kappa shape index (κ1) is 14.8. The van der Waals surface area contributed by atoms with Gasteiger partial charge in [0, 0.05) is 19.4 Å². The summed E-state index contributed by atoms with van der Waals surface area (Å²) in [6, 6.07) is -0.313. The fourth-order valence-corrected chi connectivity index (χ4v) is 1.49. The van der Waals surface area contributed by atoms with E-state index in [0.717, 1.165) is 12.7 Å². The van der Waals surface area contributed by atoms with E-state index in [1.54, 1.807) is 13.8 Å². The highest BCUT2D eigenvalue weighted by atomic mass is 16.5. The van der Waals surface area contributed by atoms with E-state index in [1.807, 2.05) is 6.92 Å². The second kappa shape index (κ2) is 6.58. The number of hydrogen-bond acceptors (Lipinski definition) is 6. The monoisotopic (exact) mass is 255 g/mol. The Morgan fingerprint density at radius 1 is 1.44 bits per heavy atom. The van der Waals surface area contributed by atoms with E-state index < -0.39 is 0 Å². The van der Waals surface area contributed by atoms with Gasteiger partial charge in [-0.2, -0.15) is 10.2 Å². The molecule has 0 amide bonds. The Bertz CT molecular complexity index is 323. The number of carbonyl (C=O) groups excluding carboxylic acids is 2. The lowest BCUT2D eigenvalue weighted by atomic mass is 10.1. The quantitative estimate of drug-likeness (QED) is 0.499. The molecular formula is C12H21N3O3. The zero-order valence-corrected chi connectivity index (χ0v) is 11.2. The molecule has 0 bridgehead atoms. The molecule has 0 aromatic carbocycles. The second-order valence-electron chi connectivity index (χ2n) is 4.94. The lowest BCUT2D eigenvalue weighted by molar-refractivity contribution is -0.147. The van der Waals surface area contributed by atoms with Crippen LogP contribution in [0.2, 0.25) is 0 Å². The number of nitrogens with one attached hydrogen (secondary N) is 1. The number of ether oxygens (including phenoxy) is 1. The Balaban J connectivity index is 2.12. The second-order valence-corrected chi connectivity index (χ2v) is 4.94. The number of esters is 1. The van der Waals surface area contributed by atoms with Crippen molar-refractivity contribution in [3.05, 3.63) is 0 Å². The predicted octanol–water partition coefficient (Wildman–Crippen LogP) is 1.45. The van der Waals surface area contributed by atoms with E-state index in [-0.39, 0.29) is 30.2 Å². The molecule has 0 spiro atoms. The molecule has 0 aliphatic carbocycles. The average Bonchev–Trinajstić information content (AvgIpc) is 3.00. The zero-order chi connectivity index (χ0) is 13.6. The highest BCUT2D eigenvalue weighted by Crippen LogP contribution is 2.29. The molecule has 0 saturated heterocycles. The van der Waals surface area contributed by atoms with Gasteiger partial charge in [0.2, 0.25) is 0 Å². The van der Waals surface area contributed by atoms with Crippen LogP contribution in [0.25, 0.3) is 0 Å². The molecule has 1 N–H and O–H groups in total. The predicted molar refractivity (Wildman–Crippen MR) is 66.2 cm³/mol. The van der Waals surface area contributed by atoms with Crippen molar-refractivity contribution < 1.29 is 14.3 Å². The summed E-state index contributed by atoms with van der Waals surface area (Å²) in [4.78, 5) is 22.2. The van der Waals surface area contributed by atoms with E-state index in [9.17, 15) is 9.59 Å². The summed E-state index contributed by atoms with van der Waals surface area (Å²) in [6.07, 6.45) is 2.19. The van der Waals surface area contributed by atoms with Crippen LogP contribution in [0.15, 0.2) is 10.2 Å². The van der Waals surface area contributed by atoms with Crippen LogP contribution >= 0.6 is 0 Å². The first-order valence-electron chi connectivity index (χ1n) is 6.27. The fraction of sp³-hybridized carbons (Fsp3) is 0.833. The lowest BCUT2D eigenvalue weighted by Crippen LogP contribution is -2.33. The van der Waals surface area contributed by atoms with Crippen molar-refractivity contribution in [2.24, 2.45) is 10.2 Å². The molecule has 1 heterocycles. The molecule has 1 aliphatic rings. The number of aldehydes is 1. The highest BCUT2D eigenvalue weighted by Gasteiger charge is 2.32. The van der Waals surface area contributed by atoms with Crippen LogP contribution in [-0.4, -0.2) is 36.6 Å². The van der Waals surface area contributed by atoms with Gasteiger partial charge in [-0.15, -0.1) is 0 Å². The minimum absolute atomic E-state index is 0.113. The van der Waals surface area contributed by atoms with Gasteiger partial charge in [-0.1, -0.05) is 0 Å². The van der Waals surface area contributed by atoms with Crippen LogP contribution in [0.3, 0.4) is 0 Å². The maximum Gasteiger partial charge on any atom is 0.306 e. The Kier molecular flexibility index (Phi) is 5.40. The van der Waals surface area contributed by atoms with E-state index in [4.69, 9.17) is 4.74 Å². The largest absolute Gasteiger partial charge is 0.463 e. The molecule has 18 heavy (non-hydrogen) atoms. The lowest BCUT2D eigenvalue weighted by Gasteiger charge is -2.13. The van der Waals surface area contributed by atoms with Gasteiger partial charge >= 0.3 is 5.97 Å². The third-order valence-corrected chi connectivity index (χ3v) is 2.64.